The highest BCUT2D eigenvalue weighted by Gasteiger charge is 2.27. The number of carbonyl (C=O) groups excluding carboxylic acids is 3. The number of esters is 3. The van der Waals surface area contributed by atoms with Crippen molar-refractivity contribution in [2.24, 2.45) is 0 Å². The molecule has 0 saturated carbocycles. The Morgan fingerprint density at radius 3 is 2.53 bits per heavy atom. The second-order valence-electron chi connectivity index (χ2n) is 3.67. The van der Waals surface area contributed by atoms with Crippen molar-refractivity contribution in [3.8, 4) is 0 Å². The van der Waals surface area contributed by atoms with E-state index in [1.54, 1.807) is 0 Å². The van der Waals surface area contributed by atoms with E-state index in [-0.39, 0.29) is 13.2 Å². The molecule has 2 rings (SSSR count). The quantitative estimate of drug-likeness (QED) is 0.574. The summed E-state index contributed by atoms with van der Waals surface area (Å²) in [4.78, 5) is 33.0. The maximum Gasteiger partial charge on any atom is 0.382 e. The Morgan fingerprint density at radius 1 is 1.16 bits per heavy atom. The van der Waals surface area contributed by atoms with E-state index in [4.69, 9.17) is 4.74 Å². The third kappa shape index (κ3) is 3.75. The number of benzene rings is 1. The van der Waals surface area contributed by atoms with Gasteiger partial charge in [0.15, 0.2) is 0 Å². The minimum atomic E-state index is -0.971. The lowest BCUT2D eigenvalue weighted by Gasteiger charge is -2.04. The van der Waals surface area contributed by atoms with E-state index in [2.05, 4.69) is 9.47 Å². The van der Waals surface area contributed by atoms with Gasteiger partial charge in [-0.2, -0.15) is 0 Å². The molecule has 19 heavy (non-hydrogen) atoms. The van der Waals surface area contributed by atoms with Crippen LogP contribution in [0.25, 0.3) is 0 Å². The molecule has 0 radical (unpaired) electrons. The average Bonchev–Trinajstić information content (AvgIpc) is 2.69. The van der Waals surface area contributed by atoms with Crippen LogP contribution in [0, 0.1) is 0 Å². The molecule has 0 N–H and O–H groups in total. The summed E-state index contributed by atoms with van der Waals surface area (Å²) in [5.41, 5.74) is 0.907. The molecule has 1 aromatic carbocycles. The van der Waals surface area contributed by atoms with E-state index in [1.807, 2.05) is 30.3 Å². The van der Waals surface area contributed by atoms with Crippen molar-refractivity contribution in [3.05, 3.63) is 47.7 Å². The fraction of sp³-hybridized carbons (Fsp3) is 0.154. The van der Waals surface area contributed by atoms with Crippen LogP contribution >= 0.6 is 0 Å². The highest BCUT2D eigenvalue weighted by atomic mass is 16.6. The highest BCUT2D eigenvalue weighted by molar-refractivity contribution is 6.08. The molecule has 1 aliphatic rings. The largest absolute Gasteiger partial charge is 0.417 e. The van der Waals surface area contributed by atoms with Crippen LogP contribution in [-0.4, -0.2) is 24.5 Å². The molecule has 6 nitrogen and oxygen atoms in total. The molecule has 1 heterocycles. The first-order valence-electron chi connectivity index (χ1n) is 5.45. The number of cyclic esters (lactones) is 2. The number of ether oxygens (including phenoxy) is 3. The SMILES string of the molecule is O=C1C=C(OC(=O)COCc2ccccc2)C(=O)O1. The van der Waals surface area contributed by atoms with E-state index < -0.39 is 23.7 Å². The van der Waals surface area contributed by atoms with Gasteiger partial charge in [-0.25, -0.2) is 14.4 Å². The van der Waals surface area contributed by atoms with Crippen LogP contribution in [0.2, 0.25) is 0 Å². The van der Waals surface area contributed by atoms with Crippen molar-refractivity contribution in [1.29, 1.82) is 0 Å². The predicted octanol–water partition coefficient (Wildman–Crippen LogP) is 0.714. The summed E-state index contributed by atoms with van der Waals surface area (Å²) >= 11 is 0. The van der Waals surface area contributed by atoms with Crippen molar-refractivity contribution in [3.63, 3.8) is 0 Å². The third-order valence-corrected chi connectivity index (χ3v) is 2.20. The molecular weight excluding hydrogens is 252 g/mol. The Morgan fingerprint density at radius 2 is 1.89 bits per heavy atom. The highest BCUT2D eigenvalue weighted by Crippen LogP contribution is 2.10. The molecule has 0 aliphatic carbocycles. The van der Waals surface area contributed by atoms with Crippen LogP contribution in [0.15, 0.2) is 42.2 Å². The Labute approximate surface area is 108 Å². The summed E-state index contributed by atoms with van der Waals surface area (Å²) in [5.74, 6) is -3.01. The molecule has 98 valence electrons. The predicted molar refractivity (Wildman–Crippen MR) is 61.4 cm³/mol. The van der Waals surface area contributed by atoms with Crippen LogP contribution in [-0.2, 0) is 35.2 Å². The number of rotatable bonds is 5. The van der Waals surface area contributed by atoms with E-state index in [0.29, 0.717) is 0 Å². The van der Waals surface area contributed by atoms with Crippen molar-refractivity contribution in [2.45, 2.75) is 6.61 Å². The molecule has 1 aliphatic heterocycles. The van der Waals surface area contributed by atoms with Crippen LogP contribution in [0.4, 0.5) is 0 Å². The lowest BCUT2D eigenvalue weighted by atomic mass is 10.2. The van der Waals surface area contributed by atoms with Gasteiger partial charge in [0, 0.05) is 0 Å². The summed E-state index contributed by atoms with van der Waals surface area (Å²) in [7, 11) is 0. The summed E-state index contributed by atoms with van der Waals surface area (Å²) in [6.07, 6.45) is 0.817. The molecule has 0 spiro atoms. The molecule has 6 heteroatoms. The molecular formula is C13H10O6. The molecule has 0 amide bonds. The zero-order chi connectivity index (χ0) is 13.7. The molecule has 0 unspecified atom stereocenters. The van der Waals surface area contributed by atoms with E-state index >= 15 is 0 Å². The maximum atomic E-state index is 11.3. The lowest BCUT2D eigenvalue weighted by Crippen LogP contribution is -2.15. The first-order chi connectivity index (χ1) is 9.15. The van der Waals surface area contributed by atoms with Crippen LogP contribution < -0.4 is 0 Å². The van der Waals surface area contributed by atoms with Crippen LogP contribution in [0.3, 0.4) is 0 Å². The molecule has 0 aromatic heterocycles. The number of carbonyl (C=O) groups is 3. The van der Waals surface area contributed by atoms with Crippen molar-refractivity contribution >= 4 is 17.9 Å². The molecule has 0 fully saturated rings. The molecule has 0 bridgehead atoms. The summed E-state index contributed by atoms with van der Waals surface area (Å²) in [6.45, 7) is -0.0773. The zero-order valence-corrected chi connectivity index (χ0v) is 9.83. The van der Waals surface area contributed by atoms with Gasteiger partial charge in [0.1, 0.15) is 6.61 Å². The van der Waals surface area contributed by atoms with Crippen molar-refractivity contribution in [2.75, 3.05) is 6.61 Å². The first kappa shape index (κ1) is 13.0. The van der Waals surface area contributed by atoms with Gasteiger partial charge in [-0.3, -0.25) is 0 Å². The summed E-state index contributed by atoms with van der Waals surface area (Å²) < 4.78 is 13.9. The van der Waals surface area contributed by atoms with Crippen LogP contribution in [0.1, 0.15) is 5.56 Å². The van der Waals surface area contributed by atoms with Gasteiger partial charge in [0.2, 0.25) is 5.76 Å². The standard InChI is InChI=1S/C13H10O6/c14-11-6-10(13(16)19-11)18-12(15)8-17-7-9-4-2-1-3-5-9/h1-6H,7-8H2. The average molecular weight is 262 g/mol. The summed E-state index contributed by atoms with van der Waals surface area (Å²) in [6, 6.07) is 9.26. The Kier molecular flexibility index (Phi) is 4.04. The first-order valence-corrected chi connectivity index (χ1v) is 5.45. The number of hydrogen-bond acceptors (Lipinski definition) is 6. The Balaban J connectivity index is 1.75. The normalized spacial score (nSPS) is 14.0. The van der Waals surface area contributed by atoms with Gasteiger partial charge in [0.25, 0.3) is 0 Å². The van der Waals surface area contributed by atoms with Gasteiger partial charge in [-0.15, -0.1) is 0 Å². The summed E-state index contributed by atoms with van der Waals surface area (Å²) in [5, 5.41) is 0. The number of hydrogen-bond donors (Lipinski definition) is 0. The minimum Gasteiger partial charge on any atom is -0.417 e. The molecule has 0 saturated heterocycles. The van der Waals surface area contributed by atoms with Gasteiger partial charge in [-0.1, -0.05) is 30.3 Å². The lowest BCUT2D eigenvalue weighted by molar-refractivity contribution is -0.157. The van der Waals surface area contributed by atoms with E-state index in [9.17, 15) is 14.4 Å². The molecule has 0 atom stereocenters. The second-order valence-corrected chi connectivity index (χ2v) is 3.67. The Bertz CT molecular complexity index is 531. The fourth-order valence-electron chi connectivity index (χ4n) is 1.39. The van der Waals surface area contributed by atoms with E-state index in [0.717, 1.165) is 11.6 Å². The maximum absolute atomic E-state index is 11.3. The molecule has 1 aromatic rings. The second kappa shape index (κ2) is 5.92. The van der Waals surface area contributed by atoms with E-state index in [1.165, 1.54) is 0 Å². The van der Waals surface area contributed by atoms with Gasteiger partial charge >= 0.3 is 17.9 Å². The van der Waals surface area contributed by atoms with Gasteiger partial charge in [0.05, 0.1) is 12.7 Å². The van der Waals surface area contributed by atoms with Crippen LogP contribution in [0.5, 0.6) is 0 Å². The van der Waals surface area contributed by atoms with Gasteiger partial charge in [-0.05, 0) is 5.56 Å². The van der Waals surface area contributed by atoms with Crippen molar-refractivity contribution < 1.29 is 28.6 Å². The monoisotopic (exact) mass is 262 g/mol. The topological polar surface area (TPSA) is 78.9 Å². The van der Waals surface area contributed by atoms with Gasteiger partial charge < -0.3 is 14.2 Å². The third-order valence-electron chi connectivity index (χ3n) is 2.20. The Hall–Kier alpha value is -2.47. The fourth-order valence-corrected chi connectivity index (χ4v) is 1.39. The zero-order valence-electron chi connectivity index (χ0n) is 9.83. The smallest absolute Gasteiger partial charge is 0.382 e. The minimum absolute atomic E-state index is 0.248. The van der Waals surface area contributed by atoms with Crippen molar-refractivity contribution in [1.82, 2.24) is 0 Å².